The van der Waals surface area contributed by atoms with Crippen molar-refractivity contribution < 1.29 is 14.6 Å². The molecule has 2 aliphatic carbocycles. The van der Waals surface area contributed by atoms with Crippen LogP contribution in [0.3, 0.4) is 0 Å². The van der Waals surface area contributed by atoms with Crippen LogP contribution in [0.2, 0.25) is 0 Å². The van der Waals surface area contributed by atoms with Crippen LogP contribution in [-0.2, 0) is 10.2 Å². The minimum Gasteiger partial charge on any atom is -0.478 e. The van der Waals surface area contributed by atoms with Gasteiger partial charge in [-0.1, -0.05) is 36.4 Å². The third kappa shape index (κ3) is 1.68. The summed E-state index contributed by atoms with van der Waals surface area (Å²) < 4.78 is 5.94. The van der Waals surface area contributed by atoms with E-state index in [1.807, 2.05) is 18.2 Å². The first kappa shape index (κ1) is 14.0. The largest absolute Gasteiger partial charge is 0.478 e. The zero-order valence-electron chi connectivity index (χ0n) is 13.3. The Morgan fingerprint density at radius 3 is 2.92 bits per heavy atom. The summed E-state index contributed by atoms with van der Waals surface area (Å²) in [4.78, 5) is 11.5. The average molecular weight is 318 g/mol. The molecule has 1 N–H and O–H groups in total. The van der Waals surface area contributed by atoms with Crippen LogP contribution in [0.5, 0.6) is 0 Å². The fourth-order valence-corrected chi connectivity index (χ4v) is 4.83. The van der Waals surface area contributed by atoms with Crippen molar-refractivity contribution in [1.82, 2.24) is 0 Å². The molecule has 2 bridgehead atoms. The molecule has 0 saturated carbocycles. The normalized spacial score (nSPS) is 24.7. The van der Waals surface area contributed by atoms with Gasteiger partial charge in [0.2, 0.25) is 0 Å². The molecule has 2 aromatic rings. The van der Waals surface area contributed by atoms with E-state index < -0.39 is 5.97 Å². The molecule has 1 unspecified atom stereocenters. The van der Waals surface area contributed by atoms with Gasteiger partial charge in [0, 0.05) is 5.41 Å². The molecule has 0 spiro atoms. The van der Waals surface area contributed by atoms with E-state index in [9.17, 15) is 9.90 Å². The molecule has 1 heterocycles. The van der Waals surface area contributed by atoms with Gasteiger partial charge in [-0.3, -0.25) is 0 Å². The van der Waals surface area contributed by atoms with E-state index in [-0.39, 0.29) is 5.41 Å². The predicted octanol–water partition coefficient (Wildman–Crippen LogP) is 4.31. The minimum absolute atomic E-state index is 0.0384. The zero-order chi connectivity index (χ0) is 16.3. The molecule has 3 nitrogen and oxygen atoms in total. The summed E-state index contributed by atoms with van der Waals surface area (Å²) in [7, 11) is 0. The number of carbonyl (C=O) groups is 1. The number of carboxylic acid groups (broad SMARTS) is 1. The average Bonchev–Trinajstić information content (AvgIpc) is 2.59. The van der Waals surface area contributed by atoms with Crippen molar-refractivity contribution in [3.8, 4) is 0 Å². The zero-order valence-corrected chi connectivity index (χ0v) is 13.3. The van der Waals surface area contributed by atoms with Crippen molar-refractivity contribution in [2.75, 3.05) is 13.2 Å². The Hall–Kier alpha value is -2.39. The maximum atomic E-state index is 11.5. The maximum absolute atomic E-state index is 11.5. The number of fused-ring (bicyclic) bond motifs is 3. The van der Waals surface area contributed by atoms with E-state index in [4.69, 9.17) is 4.74 Å². The fraction of sp³-hybridized carbons (Fsp3) is 0.286. The Bertz CT molecular complexity index is 937. The molecular formula is C21H18O3. The lowest BCUT2D eigenvalue weighted by Crippen LogP contribution is -2.42. The molecule has 120 valence electrons. The summed E-state index contributed by atoms with van der Waals surface area (Å²) in [6.45, 7) is 1.49. The number of hydrogen-bond acceptors (Lipinski definition) is 2. The molecule has 3 aliphatic rings. The molecule has 24 heavy (non-hydrogen) atoms. The number of aromatic carboxylic acids is 1. The lowest BCUT2D eigenvalue weighted by molar-refractivity contribution is 0.0699. The van der Waals surface area contributed by atoms with Crippen LogP contribution in [0, 0.1) is 0 Å². The van der Waals surface area contributed by atoms with Crippen molar-refractivity contribution in [3.05, 3.63) is 64.2 Å². The van der Waals surface area contributed by atoms with Crippen molar-refractivity contribution in [2.24, 2.45) is 0 Å². The third-order valence-electron chi connectivity index (χ3n) is 5.87. The second kappa shape index (κ2) is 4.81. The second-order valence-electron chi connectivity index (χ2n) is 7.01. The SMILES string of the molecule is O=C(O)c1cccc2c3c(ccc12)C12CCCC(=C1C=C3)COC2. The highest BCUT2D eigenvalue weighted by Gasteiger charge is 2.44. The van der Waals surface area contributed by atoms with E-state index in [0.29, 0.717) is 5.56 Å². The molecule has 0 fully saturated rings. The topological polar surface area (TPSA) is 46.5 Å². The Balaban J connectivity index is 1.84. The second-order valence-corrected chi connectivity index (χ2v) is 7.01. The highest BCUT2D eigenvalue weighted by atomic mass is 16.5. The standard InChI is InChI=1S/C21H18O3/c22-20(23)17-5-1-4-14-15(17)6-9-19-16(14)7-8-18-13-3-2-10-21(18,19)12-24-11-13/h1,4-9H,2-3,10-12H2,(H,22,23). The smallest absolute Gasteiger partial charge is 0.336 e. The van der Waals surface area contributed by atoms with Crippen LogP contribution in [0.15, 0.2) is 47.6 Å². The monoisotopic (exact) mass is 318 g/mol. The van der Waals surface area contributed by atoms with Gasteiger partial charge in [0.1, 0.15) is 0 Å². The number of benzene rings is 2. The van der Waals surface area contributed by atoms with Crippen LogP contribution >= 0.6 is 0 Å². The molecule has 1 atom stereocenters. The summed E-state index contributed by atoms with van der Waals surface area (Å²) >= 11 is 0. The molecule has 0 radical (unpaired) electrons. The Kier molecular flexibility index (Phi) is 2.80. The summed E-state index contributed by atoms with van der Waals surface area (Å²) in [6.07, 6.45) is 7.86. The third-order valence-corrected chi connectivity index (χ3v) is 5.87. The first-order valence-electron chi connectivity index (χ1n) is 8.48. The summed E-state index contributed by atoms with van der Waals surface area (Å²) in [5.74, 6) is -0.875. The lowest BCUT2D eigenvalue weighted by Gasteiger charge is -2.46. The Labute approximate surface area is 140 Å². The first-order chi connectivity index (χ1) is 11.7. The van der Waals surface area contributed by atoms with E-state index in [1.165, 1.54) is 23.1 Å². The quantitative estimate of drug-likeness (QED) is 0.852. The van der Waals surface area contributed by atoms with Gasteiger partial charge in [-0.05, 0) is 58.4 Å². The molecular weight excluding hydrogens is 300 g/mol. The highest BCUT2D eigenvalue weighted by Crippen LogP contribution is 2.51. The molecule has 0 aromatic heterocycles. The number of hydrogen-bond donors (Lipinski definition) is 1. The van der Waals surface area contributed by atoms with Gasteiger partial charge in [0.15, 0.2) is 0 Å². The number of rotatable bonds is 1. The van der Waals surface area contributed by atoms with E-state index in [1.54, 1.807) is 6.07 Å². The minimum atomic E-state index is -0.875. The maximum Gasteiger partial charge on any atom is 0.336 e. The summed E-state index contributed by atoms with van der Waals surface area (Å²) in [6, 6.07) is 9.66. The van der Waals surface area contributed by atoms with Gasteiger partial charge in [0.25, 0.3) is 0 Å². The van der Waals surface area contributed by atoms with Gasteiger partial charge < -0.3 is 9.84 Å². The van der Waals surface area contributed by atoms with Gasteiger partial charge in [-0.2, -0.15) is 0 Å². The van der Waals surface area contributed by atoms with Crippen molar-refractivity contribution in [3.63, 3.8) is 0 Å². The van der Waals surface area contributed by atoms with E-state index in [0.717, 1.165) is 42.4 Å². The predicted molar refractivity (Wildman–Crippen MR) is 93.3 cm³/mol. The molecule has 0 saturated heterocycles. The van der Waals surface area contributed by atoms with Crippen LogP contribution in [0.25, 0.3) is 16.8 Å². The molecule has 0 amide bonds. The summed E-state index contributed by atoms with van der Waals surface area (Å²) in [5, 5.41) is 11.3. The Morgan fingerprint density at radius 2 is 2.04 bits per heavy atom. The highest BCUT2D eigenvalue weighted by molar-refractivity contribution is 6.06. The number of ether oxygens (including phenoxy) is 1. The van der Waals surface area contributed by atoms with Gasteiger partial charge in [0.05, 0.1) is 18.8 Å². The van der Waals surface area contributed by atoms with Crippen LogP contribution < -0.4 is 0 Å². The molecule has 5 rings (SSSR count). The molecule has 3 heteroatoms. The van der Waals surface area contributed by atoms with Crippen molar-refractivity contribution in [2.45, 2.75) is 24.7 Å². The first-order valence-corrected chi connectivity index (χ1v) is 8.48. The van der Waals surface area contributed by atoms with Gasteiger partial charge in [-0.15, -0.1) is 0 Å². The van der Waals surface area contributed by atoms with E-state index in [2.05, 4.69) is 18.2 Å². The van der Waals surface area contributed by atoms with Crippen LogP contribution in [0.4, 0.5) is 0 Å². The van der Waals surface area contributed by atoms with Gasteiger partial charge in [-0.25, -0.2) is 4.79 Å². The fourth-order valence-electron chi connectivity index (χ4n) is 4.83. The molecule has 2 aromatic carbocycles. The van der Waals surface area contributed by atoms with E-state index >= 15 is 0 Å². The summed E-state index contributed by atoms with van der Waals surface area (Å²) in [5.41, 5.74) is 5.67. The van der Waals surface area contributed by atoms with Crippen LogP contribution in [0.1, 0.15) is 40.7 Å². The number of carboxylic acids is 1. The van der Waals surface area contributed by atoms with Crippen molar-refractivity contribution >= 4 is 22.8 Å². The van der Waals surface area contributed by atoms with Gasteiger partial charge >= 0.3 is 5.97 Å². The number of allylic oxidation sites excluding steroid dienone is 1. The van der Waals surface area contributed by atoms with Crippen molar-refractivity contribution in [1.29, 1.82) is 0 Å². The molecule has 1 aliphatic heterocycles. The Morgan fingerprint density at radius 1 is 1.12 bits per heavy atom. The van der Waals surface area contributed by atoms with Crippen LogP contribution in [-0.4, -0.2) is 24.3 Å². The lowest BCUT2D eigenvalue weighted by atomic mass is 9.61.